The van der Waals surface area contributed by atoms with Crippen molar-refractivity contribution in [3.05, 3.63) is 77.7 Å². The average molecular weight is 447 g/mol. The summed E-state index contributed by atoms with van der Waals surface area (Å²) in [6.07, 6.45) is 3.25. The van der Waals surface area contributed by atoms with Crippen molar-refractivity contribution >= 4 is 27.7 Å². The molecule has 0 aliphatic carbocycles. The average Bonchev–Trinajstić information content (AvgIpc) is 3.16. The standard InChI is InChI=1S/C21H23BrN2O4/c1-4-12-24(13-5-2)21(26)15(3)23-20(25)19-11-10-16(28-19)14-27-18-9-7-6-8-17(18)22/h4-11,15H,1-2,12-14H2,3H3,(H,23,25). The van der Waals surface area contributed by atoms with Crippen LogP contribution in [0.15, 0.2) is 70.6 Å². The van der Waals surface area contributed by atoms with E-state index < -0.39 is 11.9 Å². The van der Waals surface area contributed by atoms with Gasteiger partial charge in [0.1, 0.15) is 24.2 Å². The third-order valence-corrected chi connectivity index (χ3v) is 4.48. The van der Waals surface area contributed by atoms with Gasteiger partial charge in [0, 0.05) is 13.1 Å². The zero-order valence-electron chi connectivity index (χ0n) is 15.7. The van der Waals surface area contributed by atoms with E-state index in [1.807, 2.05) is 24.3 Å². The van der Waals surface area contributed by atoms with Crippen LogP contribution >= 0.6 is 15.9 Å². The molecule has 28 heavy (non-hydrogen) atoms. The first kappa shape index (κ1) is 21.5. The van der Waals surface area contributed by atoms with Crippen molar-refractivity contribution in [2.24, 2.45) is 0 Å². The van der Waals surface area contributed by atoms with Crippen LogP contribution in [0, 0.1) is 0 Å². The maximum absolute atomic E-state index is 12.4. The Morgan fingerprint density at radius 1 is 1.21 bits per heavy atom. The van der Waals surface area contributed by atoms with Gasteiger partial charge in [-0.25, -0.2) is 0 Å². The Bertz CT molecular complexity index is 836. The first-order valence-corrected chi connectivity index (χ1v) is 9.53. The molecule has 1 atom stereocenters. The summed E-state index contributed by atoms with van der Waals surface area (Å²) in [4.78, 5) is 26.4. The zero-order chi connectivity index (χ0) is 20.5. The van der Waals surface area contributed by atoms with Crippen molar-refractivity contribution in [2.75, 3.05) is 13.1 Å². The lowest BCUT2D eigenvalue weighted by atomic mass is 10.2. The number of benzene rings is 1. The summed E-state index contributed by atoms with van der Waals surface area (Å²) < 4.78 is 12.0. The molecule has 2 amide bonds. The molecular formula is C21H23BrN2O4. The summed E-state index contributed by atoms with van der Waals surface area (Å²) >= 11 is 3.40. The molecule has 2 rings (SSSR count). The van der Waals surface area contributed by atoms with E-state index in [1.54, 1.807) is 36.1 Å². The number of hydrogen-bond acceptors (Lipinski definition) is 4. The minimum absolute atomic E-state index is 0.115. The quantitative estimate of drug-likeness (QED) is 0.561. The Morgan fingerprint density at radius 3 is 2.54 bits per heavy atom. The Kier molecular flexibility index (Phi) is 8.07. The smallest absolute Gasteiger partial charge is 0.287 e. The van der Waals surface area contributed by atoms with Gasteiger partial charge in [0.25, 0.3) is 5.91 Å². The van der Waals surface area contributed by atoms with Crippen molar-refractivity contribution in [1.29, 1.82) is 0 Å². The Labute approximate surface area is 173 Å². The summed E-state index contributed by atoms with van der Waals surface area (Å²) in [5.74, 6) is 0.597. The van der Waals surface area contributed by atoms with Gasteiger partial charge >= 0.3 is 0 Å². The van der Waals surface area contributed by atoms with E-state index in [4.69, 9.17) is 9.15 Å². The van der Waals surface area contributed by atoms with E-state index in [0.717, 1.165) is 4.47 Å². The highest BCUT2D eigenvalue weighted by atomic mass is 79.9. The van der Waals surface area contributed by atoms with Crippen molar-refractivity contribution in [3.63, 3.8) is 0 Å². The van der Waals surface area contributed by atoms with E-state index in [-0.39, 0.29) is 18.3 Å². The number of furan rings is 1. The van der Waals surface area contributed by atoms with Gasteiger partial charge in [-0.2, -0.15) is 0 Å². The lowest BCUT2D eigenvalue weighted by Gasteiger charge is -2.23. The van der Waals surface area contributed by atoms with Crippen LogP contribution < -0.4 is 10.1 Å². The normalized spacial score (nSPS) is 11.4. The lowest BCUT2D eigenvalue weighted by Crippen LogP contribution is -2.47. The predicted octanol–water partition coefficient (Wildman–Crippen LogP) is 3.94. The summed E-state index contributed by atoms with van der Waals surface area (Å²) in [6, 6.07) is 9.96. The van der Waals surface area contributed by atoms with Crippen LogP contribution in [0.2, 0.25) is 0 Å². The van der Waals surface area contributed by atoms with Crippen molar-refractivity contribution in [1.82, 2.24) is 10.2 Å². The molecule has 0 spiro atoms. The van der Waals surface area contributed by atoms with Crippen molar-refractivity contribution in [2.45, 2.75) is 19.6 Å². The highest BCUT2D eigenvalue weighted by Gasteiger charge is 2.22. The van der Waals surface area contributed by atoms with Gasteiger partial charge in [0.15, 0.2) is 5.76 Å². The number of nitrogens with one attached hydrogen (secondary N) is 1. The van der Waals surface area contributed by atoms with Crippen LogP contribution in [-0.2, 0) is 11.4 Å². The molecule has 6 nitrogen and oxygen atoms in total. The summed E-state index contributed by atoms with van der Waals surface area (Å²) in [5.41, 5.74) is 0. The van der Waals surface area contributed by atoms with E-state index >= 15 is 0 Å². The highest BCUT2D eigenvalue weighted by molar-refractivity contribution is 9.10. The zero-order valence-corrected chi connectivity index (χ0v) is 17.3. The minimum Gasteiger partial charge on any atom is -0.484 e. The molecule has 1 heterocycles. The van der Waals surface area contributed by atoms with Crippen molar-refractivity contribution < 1.29 is 18.7 Å². The maximum Gasteiger partial charge on any atom is 0.287 e. The number of amides is 2. The molecular weight excluding hydrogens is 424 g/mol. The Hall–Kier alpha value is -2.80. The number of hydrogen-bond donors (Lipinski definition) is 1. The molecule has 2 aromatic rings. The van der Waals surface area contributed by atoms with Gasteiger partial charge in [-0.15, -0.1) is 13.2 Å². The third-order valence-electron chi connectivity index (χ3n) is 3.82. The monoisotopic (exact) mass is 446 g/mol. The van der Waals surface area contributed by atoms with Gasteiger partial charge in [0.05, 0.1) is 4.47 Å². The SMILES string of the molecule is C=CCN(CC=C)C(=O)C(C)NC(=O)c1ccc(COc2ccccc2Br)o1. The summed E-state index contributed by atoms with van der Waals surface area (Å²) in [7, 11) is 0. The number of nitrogens with zero attached hydrogens (tertiary/aromatic N) is 1. The molecule has 1 unspecified atom stereocenters. The van der Waals surface area contributed by atoms with Crippen LogP contribution in [0.25, 0.3) is 0 Å². The molecule has 0 radical (unpaired) electrons. The summed E-state index contributed by atoms with van der Waals surface area (Å²) in [5, 5.41) is 2.65. The lowest BCUT2D eigenvalue weighted by molar-refractivity contribution is -0.131. The molecule has 1 aromatic heterocycles. The van der Waals surface area contributed by atoms with Gasteiger partial charge in [-0.3, -0.25) is 9.59 Å². The molecule has 148 valence electrons. The van der Waals surface area contributed by atoms with Crippen LogP contribution in [0.3, 0.4) is 0 Å². The fourth-order valence-corrected chi connectivity index (χ4v) is 2.86. The van der Waals surface area contributed by atoms with E-state index in [2.05, 4.69) is 34.4 Å². The number of carbonyl (C=O) groups excluding carboxylic acids is 2. The number of rotatable bonds is 10. The number of para-hydroxylation sites is 1. The molecule has 7 heteroatoms. The first-order chi connectivity index (χ1) is 13.5. The molecule has 0 aliphatic rings. The fourth-order valence-electron chi connectivity index (χ4n) is 2.46. The van der Waals surface area contributed by atoms with Gasteiger partial charge in [-0.05, 0) is 47.1 Å². The number of ether oxygens (including phenoxy) is 1. The van der Waals surface area contributed by atoms with E-state index in [1.165, 1.54) is 0 Å². The fraction of sp³-hybridized carbons (Fsp3) is 0.238. The van der Waals surface area contributed by atoms with Crippen LogP contribution in [0.1, 0.15) is 23.2 Å². The van der Waals surface area contributed by atoms with Crippen LogP contribution in [-0.4, -0.2) is 35.8 Å². The molecule has 0 fully saturated rings. The number of halogens is 1. The summed E-state index contributed by atoms with van der Waals surface area (Å²) in [6.45, 7) is 9.83. The predicted molar refractivity (Wildman–Crippen MR) is 111 cm³/mol. The van der Waals surface area contributed by atoms with Gasteiger partial charge in [0.2, 0.25) is 5.91 Å². The molecule has 0 bridgehead atoms. The highest BCUT2D eigenvalue weighted by Crippen LogP contribution is 2.25. The third kappa shape index (κ3) is 5.85. The first-order valence-electron chi connectivity index (χ1n) is 8.73. The molecule has 0 aliphatic heterocycles. The van der Waals surface area contributed by atoms with E-state index in [9.17, 15) is 9.59 Å². The van der Waals surface area contributed by atoms with Gasteiger partial charge in [-0.1, -0.05) is 24.3 Å². The Balaban J connectivity index is 1.94. The van der Waals surface area contributed by atoms with Crippen LogP contribution in [0.5, 0.6) is 5.75 Å². The van der Waals surface area contributed by atoms with Gasteiger partial charge < -0.3 is 19.4 Å². The number of carbonyl (C=O) groups is 2. The maximum atomic E-state index is 12.4. The second-order valence-corrected chi connectivity index (χ2v) is 6.86. The molecule has 1 aromatic carbocycles. The molecule has 0 saturated heterocycles. The molecule has 0 saturated carbocycles. The largest absolute Gasteiger partial charge is 0.484 e. The van der Waals surface area contributed by atoms with E-state index in [0.29, 0.717) is 24.6 Å². The second kappa shape index (κ2) is 10.5. The topological polar surface area (TPSA) is 71.8 Å². The minimum atomic E-state index is -0.711. The van der Waals surface area contributed by atoms with Crippen molar-refractivity contribution in [3.8, 4) is 5.75 Å². The second-order valence-electron chi connectivity index (χ2n) is 6.00. The molecule has 1 N–H and O–H groups in total. The van der Waals surface area contributed by atoms with Crippen LogP contribution in [0.4, 0.5) is 0 Å². The Morgan fingerprint density at radius 2 is 1.89 bits per heavy atom.